The number of carbonyl (C=O) groups is 1. The van der Waals surface area contributed by atoms with Crippen LogP contribution in [0.25, 0.3) is 0 Å². The molecular weight excluding hydrogens is 258 g/mol. The molecule has 0 aliphatic carbocycles. The van der Waals surface area contributed by atoms with Crippen LogP contribution in [-0.4, -0.2) is 17.4 Å². The van der Waals surface area contributed by atoms with Crippen LogP contribution in [0.4, 0.5) is 5.82 Å². The van der Waals surface area contributed by atoms with E-state index >= 15 is 0 Å². The number of nitrogens with zero attached hydrogens (tertiary/aromatic N) is 1. The third-order valence-corrected chi connectivity index (χ3v) is 3.26. The Morgan fingerprint density at radius 2 is 2.42 bits per heavy atom. The molecule has 2 aromatic heterocycles. The number of aryl methyl sites for hydroxylation is 1. The predicted octanol–water partition coefficient (Wildman–Crippen LogP) is 2.01. The second-order valence-electron chi connectivity index (χ2n) is 3.83. The summed E-state index contributed by atoms with van der Waals surface area (Å²) in [5, 5.41) is 4.55. The molecule has 2 heterocycles. The Balaban J connectivity index is 2.12. The first-order chi connectivity index (χ1) is 9.20. The van der Waals surface area contributed by atoms with E-state index in [0.717, 1.165) is 10.4 Å². The van der Waals surface area contributed by atoms with E-state index in [1.54, 1.807) is 17.6 Å². The van der Waals surface area contributed by atoms with Crippen LogP contribution in [0, 0.1) is 18.8 Å². The number of amides is 1. The molecule has 3 N–H and O–H groups in total. The monoisotopic (exact) mass is 271 g/mol. The van der Waals surface area contributed by atoms with E-state index in [9.17, 15) is 4.79 Å². The molecule has 5 heteroatoms. The topological polar surface area (TPSA) is 68.0 Å². The third-order valence-electron chi connectivity index (χ3n) is 2.42. The average molecular weight is 271 g/mol. The molecule has 2 aromatic rings. The van der Waals surface area contributed by atoms with Crippen molar-refractivity contribution in [2.24, 2.45) is 5.73 Å². The lowest BCUT2D eigenvalue weighted by Gasteiger charge is -2.05. The molecule has 0 fully saturated rings. The van der Waals surface area contributed by atoms with Crippen molar-refractivity contribution in [2.75, 3.05) is 11.9 Å². The van der Waals surface area contributed by atoms with Gasteiger partial charge in [0.05, 0.1) is 17.0 Å². The van der Waals surface area contributed by atoms with E-state index in [-0.39, 0.29) is 5.91 Å². The van der Waals surface area contributed by atoms with Crippen molar-refractivity contribution in [3.63, 3.8) is 0 Å². The van der Waals surface area contributed by atoms with Crippen molar-refractivity contribution in [1.82, 2.24) is 4.98 Å². The summed E-state index contributed by atoms with van der Waals surface area (Å²) in [5.41, 5.74) is 6.81. The molecule has 4 nitrogen and oxygen atoms in total. The molecule has 0 unspecified atom stereocenters. The maximum Gasteiger partial charge on any atom is 0.257 e. The minimum absolute atomic E-state index is 0.182. The van der Waals surface area contributed by atoms with Crippen molar-refractivity contribution < 1.29 is 4.79 Å². The Morgan fingerprint density at radius 3 is 3.16 bits per heavy atom. The molecule has 0 aliphatic rings. The van der Waals surface area contributed by atoms with E-state index in [0.29, 0.717) is 17.9 Å². The fourth-order valence-electron chi connectivity index (χ4n) is 1.46. The molecule has 0 spiro atoms. The normalized spacial score (nSPS) is 9.58. The fourth-order valence-corrected chi connectivity index (χ4v) is 2.21. The zero-order valence-electron chi connectivity index (χ0n) is 10.4. The quantitative estimate of drug-likeness (QED) is 0.821. The van der Waals surface area contributed by atoms with E-state index in [1.165, 1.54) is 11.3 Å². The Morgan fingerprint density at radius 1 is 1.58 bits per heavy atom. The van der Waals surface area contributed by atoms with Gasteiger partial charge in [-0.1, -0.05) is 17.9 Å². The summed E-state index contributed by atoms with van der Waals surface area (Å²) in [6.07, 6.45) is 1.65. The Labute approximate surface area is 115 Å². The molecule has 0 saturated heterocycles. The van der Waals surface area contributed by atoms with E-state index < -0.39 is 0 Å². The zero-order chi connectivity index (χ0) is 13.7. The second kappa shape index (κ2) is 6.14. The van der Waals surface area contributed by atoms with Crippen LogP contribution in [0.2, 0.25) is 0 Å². The average Bonchev–Trinajstić information content (AvgIpc) is 2.88. The van der Waals surface area contributed by atoms with Crippen LogP contribution in [0.15, 0.2) is 29.8 Å². The van der Waals surface area contributed by atoms with Gasteiger partial charge in [-0.3, -0.25) is 4.79 Å². The van der Waals surface area contributed by atoms with Crippen LogP contribution in [0.3, 0.4) is 0 Å². The number of carbonyl (C=O) groups excluding carboxylic acids is 1. The minimum atomic E-state index is -0.182. The number of rotatable bonds is 2. The van der Waals surface area contributed by atoms with Gasteiger partial charge in [-0.2, -0.15) is 0 Å². The summed E-state index contributed by atoms with van der Waals surface area (Å²) in [4.78, 5) is 17.0. The van der Waals surface area contributed by atoms with Crippen molar-refractivity contribution >= 4 is 23.1 Å². The first-order valence-electron chi connectivity index (χ1n) is 5.71. The Hall–Kier alpha value is -2.16. The standard InChI is InChI=1S/C14H13N3OS/c1-10-4-3-7-16-13(10)17-14(18)11-8-12(19-9-11)5-2-6-15/h3-4,7-9H,6,15H2,1H3,(H,16,17,18). The smallest absolute Gasteiger partial charge is 0.257 e. The number of thiophene rings is 1. The van der Waals surface area contributed by atoms with Gasteiger partial charge >= 0.3 is 0 Å². The van der Waals surface area contributed by atoms with Gasteiger partial charge < -0.3 is 11.1 Å². The van der Waals surface area contributed by atoms with Crippen LogP contribution >= 0.6 is 11.3 Å². The molecule has 0 radical (unpaired) electrons. The molecule has 0 aromatic carbocycles. The highest BCUT2D eigenvalue weighted by atomic mass is 32.1. The summed E-state index contributed by atoms with van der Waals surface area (Å²) >= 11 is 1.42. The van der Waals surface area contributed by atoms with Gasteiger partial charge in [0.1, 0.15) is 5.82 Å². The Bertz CT molecular complexity index is 652. The highest BCUT2D eigenvalue weighted by Crippen LogP contribution is 2.16. The lowest BCUT2D eigenvalue weighted by molar-refractivity contribution is 0.102. The molecule has 0 atom stereocenters. The van der Waals surface area contributed by atoms with Gasteiger partial charge in [-0.05, 0) is 24.6 Å². The van der Waals surface area contributed by atoms with Gasteiger partial charge in [0.15, 0.2) is 0 Å². The van der Waals surface area contributed by atoms with Crippen molar-refractivity contribution in [3.8, 4) is 11.8 Å². The molecule has 1 amide bonds. The number of hydrogen-bond donors (Lipinski definition) is 2. The van der Waals surface area contributed by atoms with Crippen LogP contribution < -0.4 is 11.1 Å². The van der Waals surface area contributed by atoms with Gasteiger partial charge in [0, 0.05) is 11.6 Å². The first-order valence-corrected chi connectivity index (χ1v) is 6.59. The second-order valence-corrected chi connectivity index (χ2v) is 4.74. The summed E-state index contributed by atoms with van der Waals surface area (Å²) in [6, 6.07) is 5.48. The third kappa shape index (κ3) is 3.41. The van der Waals surface area contributed by atoms with Gasteiger partial charge in [0.25, 0.3) is 5.91 Å². The van der Waals surface area contributed by atoms with Crippen molar-refractivity contribution in [3.05, 3.63) is 45.8 Å². The zero-order valence-corrected chi connectivity index (χ0v) is 11.3. The Kier molecular flexibility index (Phi) is 4.29. The first kappa shape index (κ1) is 13.3. The van der Waals surface area contributed by atoms with Crippen LogP contribution in [-0.2, 0) is 0 Å². The van der Waals surface area contributed by atoms with Crippen LogP contribution in [0.1, 0.15) is 20.8 Å². The molecule has 0 bridgehead atoms. The largest absolute Gasteiger partial charge is 0.320 e. The van der Waals surface area contributed by atoms with Gasteiger partial charge in [0.2, 0.25) is 0 Å². The number of hydrogen-bond acceptors (Lipinski definition) is 4. The number of pyridine rings is 1. The summed E-state index contributed by atoms with van der Waals surface area (Å²) < 4.78 is 0. The molecule has 0 aliphatic heterocycles. The van der Waals surface area contributed by atoms with Gasteiger partial charge in [-0.25, -0.2) is 4.98 Å². The SMILES string of the molecule is Cc1cccnc1NC(=O)c1csc(C#CCN)c1. The molecular formula is C14H13N3OS. The molecule has 19 heavy (non-hydrogen) atoms. The summed E-state index contributed by atoms with van der Waals surface area (Å²) in [6.45, 7) is 2.21. The maximum atomic E-state index is 12.0. The maximum absolute atomic E-state index is 12.0. The summed E-state index contributed by atoms with van der Waals surface area (Å²) in [5.74, 6) is 6.06. The number of nitrogens with one attached hydrogen (secondary N) is 1. The van der Waals surface area contributed by atoms with E-state index in [1.807, 2.05) is 19.1 Å². The van der Waals surface area contributed by atoms with Crippen LogP contribution in [0.5, 0.6) is 0 Å². The highest BCUT2D eigenvalue weighted by molar-refractivity contribution is 7.10. The fraction of sp³-hybridized carbons (Fsp3) is 0.143. The highest BCUT2D eigenvalue weighted by Gasteiger charge is 2.10. The number of aromatic nitrogens is 1. The lowest BCUT2D eigenvalue weighted by atomic mass is 10.2. The number of anilines is 1. The summed E-state index contributed by atoms with van der Waals surface area (Å²) in [7, 11) is 0. The lowest BCUT2D eigenvalue weighted by Crippen LogP contribution is -2.12. The predicted molar refractivity (Wildman–Crippen MR) is 77.2 cm³/mol. The number of nitrogens with two attached hydrogens (primary N) is 1. The molecule has 0 saturated carbocycles. The van der Waals surface area contributed by atoms with Gasteiger partial charge in [-0.15, -0.1) is 11.3 Å². The van der Waals surface area contributed by atoms with E-state index in [2.05, 4.69) is 22.1 Å². The van der Waals surface area contributed by atoms with Crippen molar-refractivity contribution in [2.45, 2.75) is 6.92 Å². The van der Waals surface area contributed by atoms with E-state index in [4.69, 9.17) is 5.73 Å². The molecule has 2 rings (SSSR count). The van der Waals surface area contributed by atoms with Crippen molar-refractivity contribution in [1.29, 1.82) is 0 Å². The molecule has 96 valence electrons. The minimum Gasteiger partial charge on any atom is -0.320 e.